The lowest BCUT2D eigenvalue weighted by atomic mass is 10.1. The van der Waals surface area contributed by atoms with E-state index < -0.39 is 0 Å². The number of aromatic nitrogens is 1. The zero-order chi connectivity index (χ0) is 15.4. The topological polar surface area (TPSA) is 91.8 Å². The molecule has 0 aliphatic rings. The molecule has 6 heteroatoms. The van der Waals surface area contributed by atoms with E-state index >= 15 is 0 Å². The zero-order valence-electron chi connectivity index (χ0n) is 11.8. The molecule has 0 spiro atoms. The van der Waals surface area contributed by atoms with Gasteiger partial charge in [0.05, 0.1) is 5.56 Å². The van der Waals surface area contributed by atoms with Crippen LogP contribution in [0.2, 0.25) is 0 Å². The molecule has 0 aliphatic carbocycles. The molecule has 0 fully saturated rings. The van der Waals surface area contributed by atoms with Crippen molar-refractivity contribution < 1.29 is 10.0 Å². The number of hydrogen-bond donors (Lipinski definition) is 2. The summed E-state index contributed by atoms with van der Waals surface area (Å²) in [6.45, 7) is 1.79. The number of nitrogens with two attached hydrogens (primary N) is 1. The van der Waals surface area contributed by atoms with Gasteiger partial charge < -0.3 is 15.8 Å². The standard InChI is InChI=1S/C15H16N4O2/c1-10-13(4-3-9-17-10)15(20)19(2)12-7-5-11(6-8-12)14(16)18-21/h3-9,21H,1-2H3,(H2,16,18). The molecule has 108 valence electrons. The second-order valence-corrected chi connectivity index (χ2v) is 4.53. The van der Waals surface area contributed by atoms with Crippen molar-refractivity contribution in [2.75, 3.05) is 11.9 Å². The number of carbonyl (C=O) groups excluding carboxylic acids is 1. The van der Waals surface area contributed by atoms with Gasteiger partial charge in [-0.15, -0.1) is 0 Å². The van der Waals surface area contributed by atoms with Gasteiger partial charge in [-0.2, -0.15) is 0 Å². The third-order valence-electron chi connectivity index (χ3n) is 3.20. The monoisotopic (exact) mass is 284 g/mol. The maximum absolute atomic E-state index is 12.4. The fourth-order valence-corrected chi connectivity index (χ4v) is 1.92. The predicted octanol–water partition coefficient (Wildman–Crippen LogP) is 1.76. The van der Waals surface area contributed by atoms with E-state index in [1.807, 2.05) is 0 Å². The molecule has 1 heterocycles. The molecule has 0 radical (unpaired) electrons. The summed E-state index contributed by atoms with van der Waals surface area (Å²) in [5, 5.41) is 11.6. The van der Waals surface area contributed by atoms with Crippen molar-refractivity contribution in [2.45, 2.75) is 6.92 Å². The molecule has 21 heavy (non-hydrogen) atoms. The molecule has 0 unspecified atom stereocenters. The van der Waals surface area contributed by atoms with Gasteiger partial charge in [-0.3, -0.25) is 9.78 Å². The van der Waals surface area contributed by atoms with Gasteiger partial charge in [0.1, 0.15) is 0 Å². The summed E-state index contributed by atoms with van der Waals surface area (Å²) < 4.78 is 0. The second-order valence-electron chi connectivity index (χ2n) is 4.53. The Hall–Kier alpha value is -2.89. The Balaban J connectivity index is 2.26. The van der Waals surface area contributed by atoms with Crippen LogP contribution >= 0.6 is 0 Å². The smallest absolute Gasteiger partial charge is 0.259 e. The average Bonchev–Trinajstić information content (AvgIpc) is 2.53. The Kier molecular flexibility index (Phi) is 4.18. The summed E-state index contributed by atoms with van der Waals surface area (Å²) in [5.41, 5.74) is 8.03. The third-order valence-corrected chi connectivity index (χ3v) is 3.20. The van der Waals surface area contributed by atoms with E-state index in [0.29, 0.717) is 22.5 Å². The Bertz CT molecular complexity index is 680. The minimum absolute atomic E-state index is 0.0265. The number of rotatable bonds is 3. The number of hydrogen-bond acceptors (Lipinski definition) is 4. The number of oxime groups is 1. The molecule has 0 saturated carbocycles. The van der Waals surface area contributed by atoms with E-state index in [2.05, 4.69) is 10.1 Å². The number of benzene rings is 1. The number of aryl methyl sites for hydroxylation is 1. The first-order valence-electron chi connectivity index (χ1n) is 6.32. The van der Waals surface area contributed by atoms with Crippen molar-refractivity contribution in [1.29, 1.82) is 0 Å². The fraction of sp³-hybridized carbons (Fsp3) is 0.133. The van der Waals surface area contributed by atoms with Crippen molar-refractivity contribution in [1.82, 2.24) is 4.98 Å². The Morgan fingerprint density at radius 2 is 1.95 bits per heavy atom. The quantitative estimate of drug-likeness (QED) is 0.389. The summed E-state index contributed by atoms with van der Waals surface area (Å²) in [4.78, 5) is 18.1. The summed E-state index contributed by atoms with van der Waals surface area (Å²) in [7, 11) is 1.69. The number of nitrogens with zero attached hydrogens (tertiary/aromatic N) is 3. The molecule has 0 aliphatic heterocycles. The number of carbonyl (C=O) groups is 1. The van der Waals surface area contributed by atoms with E-state index in [9.17, 15) is 4.79 Å². The van der Waals surface area contributed by atoms with E-state index in [0.717, 1.165) is 0 Å². The molecular weight excluding hydrogens is 268 g/mol. The summed E-state index contributed by atoms with van der Waals surface area (Å²) in [5.74, 6) is -0.115. The first-order chi connectivity index (χ1) is 10.0. The lowest BCUT2D eigenvalue weighted by Gasteiger charge is -2.18. The number of amidine groups is 1. The molecule has 0 bridgehead atoms. The van der Waals surface area contributed by atoms with Crippen molar-refractivity contribution in [3.8, 4) is 0 Å². The Labute approximate surface area is 122 Å². The van der Waals surface area contributed by atoms with Gasteiger partial charge >= 0.3 is 0 Å². The normalized spacial score (nSPS) is 11.2. The lowest BCUT2D eigenvalue weighted by Crippen LogP contribution is -2.27. The predicted molar refractivity (Wildman–Crippen MR) is 80.7 cm³/mol. The van der Waals surface area contributed by atoms with E-state index in [1.54, 1.807) is 56.6 Å². The van der Waals surface area contributed by atoms with Crippen LogP contribution in [0.15, 0.2) is 47.8 Å². The highest BCUT2D eigenvalue weighted by molar-refractivity contribution is 6.06. The SMILES string of the molecule is Cc1ncccc1C(=O)N(C)c1ccc(/C(N)=N/O)cc1. The molecule has 1 aromatic carbocycles. The van der Waals surface area contributed by atoms with E-state index in [-0.39, 0.29) is 11.7 Å². The highest BCUT2D eigenvalue weighted by Gasteiger charge is 2.16. The third kappa shape index (κ3) is 3.00. The Morgan fingerprint density at radius 3 is 2.52 bits per heavy atom. The van der Waals surface area contributed by atoms with Crippen LogP contribution < -0.4 is 10.6 Å². The zero-order valence-corrected chi connectivity index (χ0v) is 11.8. The van der Waals surface area contributed by atoms with Crippen LogP contribution in [0.5, 0.6) is 0 Å². The highest BCUT2D eigenvalue weighted by atomic mass is 16.4. The second kappa shape index (κ2) is 6.04. The van der Waals surface area contributed by atoms with Gasteiger partial charge in [0, 0.05) is 30.2 Å². The first-order valence-corrected chi connectivity index (χ1v) is 6.32. The summed E-state index contributed by atoms with van der Waals surface area (Å²) in [6, 6.07) is 10.3. The highest BCUT2D eigenvalue weighted by Crippen LogP contribution is 2.17. The number of anilines is 1. The fourth-order valence-electron chi connectivity index (χ4n) is 1.92. The Morgan fingerprint density at radius 1 is 1.29 bits per heavy atom. The van der Waals surface area contributed by atoms with Crippen LogP contribution in [0.4, 0.5) is 5.69 Å². The minimum atomic E-state index is -0.142. The van der Waals surface area contributed by atoms with Gasteiger partial charge in [0.2, 0.25) is 0 Å². The van der Waals surface area contributed by atoms with Crippen LogP contribution in [0.1, 0.15) is 21.6 Å². The van der Waals surface area contributed by atoms with Gasteiger partial charge in [-0.1, -0.05) is 5.16 Å². The van der Waals surface area contributed by atoms with Crippen molar-refractivity contribution >= 4 is 17.4 Å². The average molecular weight is 284 g/mol. The van der Waals surface area contributed by atoms with Gasteiger partial charge in [-0.05, 0) is 43.3 Å². The molecule has 1 amide bonds. The minimum Gasteiger partial charge on any atom is -0.409 e. The van der Waals surface area contributed by atoms with Gasteiger partial charge in [0.25, 0.3) is 5.91 Å². The van der Waals surface area contributed by atoms with Gasteiger partial charge in [0.15, 0.2) is 5.84 Å². The summed E-state index contributed by atoms with van der Waals surface area (Å²) >= 11 is 0. The molecule has 3 N–H and O–H groups in total. The first kappa shape index (κ1) is 14.5. The lowest BCUT2D eigenvalue weighted by molar-refractivity contribution is 0.0992. The van der Waals surface area contributed by atoms with Crippen LogP contribution in [0.25, 0.3) is 0 Å². The van der Waals surface area contributed by atoms with Crippen LogP contribution in [-0.4, -0.2) is 29.0 Å². The molecular formula is C15H16N4O2. The number of amides is 1. The molecule has 0 saturated heterocycles. The largest absolute Gasteiger partial charge is 0.409 e. The van der Waals surface area contributed by atoms with Gasteiger partial charge in [-0.25, -0.2) is 0 Å². The molecule has 0 atom stereocenters. The van der Waals surface area contributed by atoms with Crippen molar-refractivity contribution in [3.63, 3.8) is 0 Å². The van der Waals surface area contributed by atoms with E-state index in [4.69, 9.17) is 10.9 Å². The molecule has 6 nitrogen and oxygen atoms in total. The number of pyridine rings is 1. The molecule has 2 aromatic rings. The maximum Gasteiger partial charge on any atom is 0.259 e. The van der Waals surface area contributed by atoms with E-state index in [1.165, 1.54) is 4.90 Å². The molecule has 1 aromatic heterocycles. The summed E-state index contributed by atoms with van der Waals surface area (Å²) in [6.07, 6.45) is 1.65. The van der Waals surface area contributed by atoms with Crippen molar-refractivity contribution in [3.05, 3.63) is 59.4 Å². The van der Waals surface area contributed by atoms with Crippen LogP contribution in [0.3, 0.4) is 0 Å². The van der Waals surface area contributed by atoms with Crippen LogP contribution in [-0.2, 0) is 0 Å². The van der Waals surface area contributed by atoms with Crippen LogP contribution in [0, 0.1) is 6.92 Å². The molecule has 2 rings (SSSR count). The van der Waals surface area contributed by atoms with Crippen molar-refractivity contribution in [2.24, 2.45) is 10.9 Å². The maximum atomic E-state index is 12.4.